The standard InChI is InChI=1S/C15H15ClFN/c1-10-9-12(5-8-14(10)17)15(2,18)11-3-6-13(16)7-4-11/h3-9H,18H2,1-2H3. The third-order valence-corrected chi connectivity index (χ3v) is 3.45. The maximum Gasteiger partial charge on any atom is 0.126 e. The molecule has 2 aromatic carbocycles. The highest BCUT2D eigenvalue weighted by Gasteiger charge is 2.24. The third-order valence-electron chi connectivity index (χ3n) is 3.20. The Kier molecular flexibility index (Phi) is 3.42. The molecule has 2 rings (SSSR count). The summed E-state index contributed by atoms with van der Waals surface area (Å²) in [5, 5.41) is 0.671. The van der Waals surface area contributed by atoms with Gasteiger partial charge in [-0.15, -0.1) is 0 Å². The molecule has 0 spiro atoms. The van der Waals surface area contributed by atoms with Gasteiger partial charge in [-0.1, -0.05) is 35.9 Å². The second kappa shape index (κ2) is 4.71. The first-order valence-electron chi connectivity index (χ1n) is 5.73. The van der Waals surface area contributed by atoms with Crippen molar-refractivity contribution in [2.24, 2.45) is 5.73 Å². The van der Waals surface area contributed by atoms with Crippen molar-refractivity contribution < 1.29 is 4.39 Å². The average Bonchev–Trinajstić information content (AvgIpc) is 2.33. The van der Waals surface area contributed by atoms with Crippen LogP contribution in [0.5, 0.6) is 0 Å². The summed E-state index contributed by atoms with van der Waals surface area (Å²) in [5.41, 5.74) is 8.12. The topological polar surface area (TPSA) is 26.0 Å². The van der Waals surface area contributed by atoms with Crippen LogP contribution in [0.25, 0.3) is 0 Å². The summed E-state index contributed by atoms with van der Waals surface area (Å²) >= 11 is 5.86. The van der Waals surface area contributed by atoms with Gasteiger partial charge >= 0.3 is 0 Å². The second-order valence-corrected chi connectivity index (χ2v) is 5.11. The Morgan fingerprint density at radius 1 is 1.06 bits per heavy atom. The van der Waals surface area contributed by atoms with Crippen molar-refractivity contribution in [2.45, 2.75) is 19.4 Å². The Balaban J connectivity index is 2.46. The molecule has 0 bridgehead atoms. The molecule has 18 heavy (non-hydrogen) atoms. The van der Waals surface area contributed by atoms with Crippen molar-refractivity contribution in [1.82, 2.24) is 0 Å². The minimum atomic E-state index is -0.664. The van der Waals surface area contributed by atoms with Crippen molar-refractivity contribution in [1.29, 1.82) is 0 Å². The first-order valence-corrected chi connectivity index (χ1v) is 6.10. The zero-order valence-electron chi connectivity index (χ0n) is 10.4. The van der Waals surface area contributed by atoms with E-state index < -0.39 is 5.54 Å². The highest BCUT2D eigenvalue weighted by molar-refractivity contribution is 6.30. The number of hydrogen-bond donors (Lipinski definition) is 1. The van der Waals surface area contributed by atoms with Gasteiger partial charge in [0.25, 0.3) is 0 Å². The highest BCUT2D eigenvalue weighted by Crippen LogP contribution is 2.28. The first kappa shape index (κ1) is 13.1. The lowest BCUT2D eigenvalue weighted by Crippen LogP contribution is -2.34. The minimum Gasteiger partial charge on any atom is -0.318 e. The van der Waals surface area contributed by atoms with Gasteiger partial charge in [0, 0.05) is 5.02 Å². The molecular formula is C15H15ClFN. The van der Waals surface area contributed by atoms with Crippen molar-refractivity contribution in [3.8, 4) is 0 Å². The zero-order valence-corrected chi connectivity index (χ0v) is 11.1. The smallest absolute Gasteiger partial charge is 0.126 e. The van der Waals surface area contributed by atoms with Crippen LogP contribution in [0.2, 0.25) is 5.02 Å². The molecule has 94 valence electrons. The van der Waals surface area contributed by atoms with Crippen LogP contribution in [-0.4, -0.2) is 0 Å². The van der Waals surface area contributed by atoms with E-state index in [1.54, 1.807) is 31.2 Å². The first-order chi connectivity index (χ1) is 8.41. The van der Waals surface area contributed by atoms with Crippen LogP contribution in [0.3, 0.4) is 0 Å². The Hall–Kier alpha value is -1.38. The molecule has 1 atom stereocenters. The Morgan fingerprint density at radius 3 is 2.17 bits per heavy atom. The Morgan fingerprint density at radius 2 is 1.61 bits per heavy atom. The molecule has 0 radical (unpaired) electrons. The maximum atomic E-state index is 13.3. The average molecular weight is 264 g/mol. The van der Waals surface area contributed by atoms with Gasteiger partial charge in [0.15, 0.2) is 0 Å². The van der Waals surface area contributed by atoms with E-state index in [1.165, 1.54) is 6.07 Å². The van der Waals surface area contributed by atoms with Crippen LogP contribution in [0, 0.1) is 12.7 Å². The van der Waals surface area contributed by atoms with Gasteiger partial charge in [0.1, 0.15) is 5.82 Å². The molecule has 0 fully saturated rings. The van der Waals surface area contributed by atoms with Gasteiger partial charge in [0.2, 0.25) is 0 Å². The van der Waals surface area contributed by atoms with Crippen LogP contribution in [0.4, 0.5) is 4.39 Å². The SMILES string of the molecule is Cc1cc(C(C)(N)c2ccc(Cl)cc2)ccc1F. The summed E-state index contributed by atoms with van der Waals surface area (Å²) in [6, 6.07) is 12.3. The van der Waals surface area contributed by atoms with Crippen LogP contribution in [-0.2, 0) is 5.54 Å². The fraction of sp³-hybridized carbons (Fsp3) is 0.200. The summed E-state index contributed by atoms with van der Waals surface area (Å²) in [6.45, 7) is 3.64. The summed E-state index contributed by atoms with van der Waals surface area (Å²) in [7, 11) is 0. The lowest BCUT2D eigenvalue weighted by Gasteiger charge is -2.26. The molecule has 3 heteroatoms. The van der Waals surface area contributed by atoms with Crippen LogP contribution in [0.15, 0.2) is 42.5 Å². The molecule has 2 aromatic rings. The number of benzene rings is 2. The largest absolute Gasteiger partial charge is 0.318 e. The van der Waals surface area contributed by atoms with E-state index in [2.05, 4.69) is 0 Å². The number of hydrogen-bond acceptors (Lipinski definition) is 1. The molecule has 0 heterocycles. The van der Waals surface area contributed by atoms with Crippen molar-refractivity contribution in [3.63, 3.8) is 0 Å². The molecule has 0 saturated heterocycles. The van der Waals surface area contributed by atoms with E-state index in [0.29, 0.717) is 10.6 Å². The number of rotatable bonds is 2. The fourth-order valence-corrected chi connectivity index (χ4v) is 2.06. The molecule has 0 saturated carbocycles. The quantitative estimate of drug-likeness (QED) is 0.870. The monoisotopic (exact) mass is 263 g/mol. The predicted molar refractivity (Wildman–Crippen MR) is 73.2 cm³/mol. The molecule has 0 aliphatic heterocycles. The number of halogens is 2. The van der Waals surface area contributed by atoms with Crippen LogP contribution >= 0.6 is 11.6 Å². The molecule has 0 aromatic heterocycles. The summed E-state index contributed by atoms with van der Waals surface area (Å²) in [4.78, 5) is 0. The van der Waals surface area contributed by atoms with E-state index in [1.807, 2.05) is 19.1 Å². The van der Waals surface area contributed by atoms with E-state index >= 15 is 0 Å². The Bertz CT molecular complexity index is 561. The van der Waals surface area contributed by atoms with E-state index in [4.69, 9.17) is 17.3 Å². The summed E-state index contributed by atoms with van der Waals surface area (Å²) in [6.07, 6.45) is 0. The molecule has 0 amide bonds. The molecule has 1 nitrogen and oxygen atoms in total. The van der Waals surface area contributed by atoms with Crippen molar-refractivity contribution >= 4 is 11.6 Å². The van der Waals surface area contributed by atoms with Gasteiger partial charge in [-0.25, -0.2) is 4.39 Å². The van der Waals surface area contributed by atoms with Crippen molar-refractivity contribution in [2.75, 3.05) is 0 Å². The fourth-order valence-electron chi connectivity index (χ4n) is 1.93. The van der Waals surface area contributed by atoms with Gasteiger partial charge < -0.3 is 5.73 Å². The van der Waals surface area contributed by atoms with Gasteiger partial charge in [-0.3, -0.25) is 0 Å². The second-order valence-electron chi connectivity index (χ2n) is 4.67. The molecule has 1 unspecified atom stereocenters. The highest BCUT2D eigenvalue weighted by atomic mass is 35.5. The molecular weight excluding hydrogens is 249 g/mol. The zero-order chi connectivity index (χ0) is 13.3. The minimum absolute atomic E-state index is 0.217. The number of aryl methyl sites for hydroxylation is 1. The lowest BCUT2D eigenvalue weighted by molar-refractivity contribution is 0.589. The van der Waals surface area contributed by atoms with E-state index in [0.717, 1.165) is 11.1 Å². The summed E-state index contributed by atoms with van der Waals surface area (Å²) < 4.78 is 13.3. The predicted octanol–water partition coefficient (Wildman–Crippen LogP) is 4.01. The molecule has 0 aliphatic carbocycles. The van der Waals surface area contributed by atoms with Gasteiger partial charge in [-0.05, 0) is 48.7 Å². The van der Waals surface area contributed by atoms with Crippen LogP contribution < -0.4 is 5.73 Å². The maximum absolute atomic E-state index is 13.3. The number of nitrogens with two attached hydrogens (primary N) is 1. The molecule has 2 N–H and O–H groups in total. The lowest BCUT2D eigenvalue weighted by atomic mass is 9.85. The normalized spacial score (nSPS) is 14.3. The summed E-state index contributed by atoms with van der Waals surface area (Å²) in [5.74, 6) is -0.217. The third kappa shape index (κ3) is 2.40. The van der Waals surface area contributed by atoms with E-state index in [-0.39, 0.29) is 5.82 Å². The van der Waals surface area contributed by atoms with E-state index in [9.17, 15) is 4.39 Å². The van der Waals surface area contributed by atoms with Crippen LogP contribution in [0.1, 0.15) is 23.6 Å². The van der Waals surface area contributed by atoms with Crippen molar-refractivity contribution in [3.05, 3.63) is 70.0 Å². The molecule has 0 aliphatic rings. The van der Waals surface area contributed by atoms with Gasteiger partial charge in [-0.2, -0.15) is 0 Å². The Labute approximate surface area is 111 Å². The van der Waals surface area contributed by atoms with Gasteiger partial charge in [0.05, 0.1) is 5.54 Å².